The molecule has 2 N–H and O–H groups in total. The maximum absolute atomic E-state index is 12.1. The fourth-order valence-electron chi connectivity index (χ4n) is 3.81. The lowest BCUT2D eigenvalue weighted by molar-refractivity contribution is 0.131. The van der Waals surface area contributed by atoms with E-state index in [1.165, 1.54) is 19.4 Å². The third-order valence-corrected chi connectivity index (χ3v) is 5.43. The third-order valence-electron chi connectivity index (χ3n) is 5.43. The van der Waals surface area contributed by atoms with Crippen LogP contribution in [-0.2, 0) is 6.54 Å². The molecule has 0 aromatic carbocycles. The van der Waals surface area contributed by atoms with Crippen molar-refractivity contribution in [3.63, 3.8) is 0 Å². The summed E-state index contributed by atoms with van der Waals surface area (Å²) >= 11 is 0. The van der Waals surface area contributed by atoms with Gasteiger partial charge in [0, 0.05) is 31.4 Å². The average molecular weight is 334 g/mol. The Morgan fingerprint density at radius 3 is 2.54 bits per heavy atom. The Labute approximate surface area is 143 Å². The van der Waals surface area contributed by atoms with Crippen molar-refractivity contribution in [3.8, 4) is 0 Å². The molecule has 1 aliphatic carbocycles. The highest BCUT2D eigenvalue weighted by molar-refractivity contribution is 5.14. The van der Waals surface area contributed by atoms with E-state index in [9.17, 15) is 9.59 Å². The first-order chi connectivity index (χ1) is 11.4. The first kappa shape index (κ1) is 17.4. The summed E-state index contributed by atoms with van der Waals surface area (Å²) in [6, 6.07) is 0.537. The summed E-state index contributed by atoms with van der Waals surface area (Å²) < 4.78 is 0. The van der Waals surface area contributed by atoms with E-state index in [0.717, 1.165) is 32.0 Å². The molecule has 1 saturated carbocycles. The minimum absolute atomic E-state index is 0.253. The molecular weight excluding hydrogens is 304 g/mol. The first-order valence-corrected chi connectivity index (χ1v) is 9.22. The Bertz CT molecular complexity index is 674. The summed E-state index contributed by atoms with van der Waals surface area (Å²) in [4.78, 5) is 33.6. The largest absolute Gasteiger partial charge is 0.325 e. The summed E-state index contributed by atoms with van der Waals surface area (Å²) in [5.74, 6) is 1.50. The van der Waals surface area contributed by atoms with E-state index in [4.69, 9.17) is 0 Å². The summed E-state index contributed by atoms with van der Waals surface area (Å²) in [5, 5.41) is 0. The van der Waals surface area contributed by atoms with Gasteiger partial charge < -0.3 is 4.98 Å². The molecule has 0 unspecified atom stereocenters. The second-order valence-electron chi connectivity index (χ2n) is 7.85. The van der Waals surface area contributed by atoms with Crippen molar-refractivity contribution in [3.05, 3.63) is 32.1 Å². The molecule has 2 heterocycles. The standard InChI is InChI=1S/C18H30N4O2/c1-12(2)16-11-21(7-4-8-22(16)9-14-5-6-14)10-15-13(3)19-18(24)20-17(15)23/h12,14,16H,4-11H2,1-3H3,(H2,19,20,23,24)/t16-/m1/s1. The smallest absolute Gasteiger partial charge is 0.311 e. The Kier molecular flexibility index (Phi) is 5.25. The van der Waals surface area contributed by atoms with Crippen LogP contribution >= 0.6 is 0 Å². The number of nitrogens with zero attached hydrogens (tertiary/aromatic N) is 2. The third kappa shape index (κ3) is 4.16. The Hall–Kier alpha value is -1.40. The maximum Gasteiger partial charge on any atom is 0.325 e. The van der Waals surface area contributed by atoms with Gasteiger partial charge in [-0.2, -0.15) is 0 Å². The van der Waals surface area contributed by atoms with Crippen molar-refractivity contribution in [1.82, 2.24) is 19.8 Å². The van der Waals surface area contributed by atoms with E-state index in [1.807, 2.05) is 6.92 Å². The van der Waals surface area contributed by atoms with Crippen molar-refractivity contribution in [1.29, 1.82) is 0 Å². The molecule has 1 saturated heterocycles. The molecule has 0 amide bonds. The van der Waals surface area contributed by atoms with Crippen LogP contribution in [0.4, 0.5) is 0 Å². The predicted octanol–water partition coefficient (Wildman–Crippen LogP) is 1.31. The van der Waals surface area contributed by atoms with Gasteiger partial charge in [0.1, 0.15) is 0 Å². The molecule has 1 aromatic heterocycles. The molecule has 0 bridgehead atoms. The normalized spacial score (nSPS) is 23.6. The molecule has 2 fully saturated rings. The zero-order valence-corrected chi connectivity index (χ0v) is 15.1. The monoisotopic (exact) mass is 334 g/mol. The number of H-pyrrole nitrogens is 2. The zero-order chi connectivity index (χ0) is 17.3. The molecule has 6 nitrogen and oxygen atoms in total. The van der Waals surface area contributed by atoms with Crippen LogP contribution in [0.25, 0.3) is 0 Å². The fourth-order valence-corrected chi connectivity index (χ4v) is 3.81. The van der Waals surface area contributed by atoms with Gasteiger partial charge in [0.2, 0.25) is 0 Å². The van der Waals surface area contributed by atoms with Gasteiger partial charge in [0.25, 0.3) is 5.56 Å². The Morgan fingerprint density at radius 2 is 1.92 bits per heavy atom. The minimum Gasteiger partial charge on any atom is -0.311 e. The highest BCUT2D eigenvalue weighted by Gasteiger charge is 2.32. The number of aromatic amines is 2. The molecule has 1 atom stereocenters. The molecule has 1 aromatic rings. The summed E-state index contributed by atoms with van der Waals surface area (Å²) in [5.41, 5.74) is 0.695. The molecule has 6 heteroatoms. The SMILES string of the molecule is Cc1[nH]c(=O)[nH]c(=O)c1CN1CCCN(CC2CC2)[C@@H](C(C)C)C1. The van der Waals surface area contributed by atoms with E-state index < -0.39 is 5.69 Å². The molecule has 24 heavy (non-hydrogen) atoms. The van der Waals surface area contributed by atoms with Crippen molar-refractivity contribution in [2.24, 2.45) is 11.8 Å². The van der Waals surface area contributed by atoms with E-state index in [1.54, 1.807) is 0 Å². The van der Waals surface area contributed by atoms with E-state index in [0.29, 0.717) is 29.8 Å². The Morgan fingerprint density at radius 1 is 1.17 bits per heavy atom. The number of aromatic nitrogens is 2. The molecule has 2 aliphatic rings. The van der Waals surface area contributed by atoms with Gasteiger partial charge in [0.15, 0.2) is 0 Å². The van der Waals surface area contributed by atoms with Gasteiger partial charge in [-0.15, -0.1) is 0 Å². The minimum atomic E-state index is -0.423. The molecular formula is C18H30N4O2. The zero-order valence-electron chi connectivity index (χ0n) is 15.1. The number of hydrogen-bond acceptors (Lipinski definition) is 4. The van der Waals surface area contributed by atoms with E-state index in [-0.39, 0.29) is 5.56 Å². The van der Waals surface area contributed by atoms with Gasteiger partial charge in [-0.1, -0.05) is 13.8 Å². The van der Waals surface area contributed by atoms with Gasteiger partial charge in [-0.25, -0.2) is 4.79 Å². The molecule has 0 radical (unpaired) electrons. The summed E-state index contributed by atoms with van der Waals surface area (Å²) in [6.07, 6.45) is 3.91. The average Bonchev–Trinajstić information content (AvgIpc) is 3.31. The van der Waals surface area contributed by atoms with Crippen LogP contribution in [0, 0.1) is 18.8 Å². The van der Waals surface area contributed by atoms with Gasteiger partial charge >= 0.3 is 5.69 Å². The second kappa shape index (κ2) is 7.23. The quantitative estimate of drug-likeness (QED) is 0.852. The van der Waals surface area contributed by atoms with Gasteiger partial charge in [0.05, 0.1) is 5.56 Å². The molecule has 1 aliphatic heterocycles. The highest BCUT2D eigenvalue weighted by Crippen LogP contribution is 2.32. The summed E-state index contributed by atoms with van der Waals surface area (Å²) in [7, 11) is 0. The summed E-state index contributed by atoms with van der Waals surface area (Å²) in [6.45, 7) is 11.4. The second-order valence-corrected chi connectivity index (χ2v) is 7.85. The van der Waals surface area contributed by atoms with Crippen molar-refractivity contribution in [2.45, 2.75) is 52.6 Å². The molecule has 134 valence electrons. The van der Waals surface area contributed by atoms with Crippen molar-refractivity contribution < 1.29 is 0 Å². The van der Waals surface area contributed by atoms with Crippen LogP contribution in [0.3, 0.4) is 0 Å². The van der Waals surface area contributed by atoms with Crippen molar-refractivity contribution >= 4 is 0 Å². The van der Waals surface area contributed by atoms with Crippen LogP contribution in [0.1, 0.15) is 44.4 Å². The lowest BCUT2D eigenvalue weighted by atomic mass is 10.0. The van der Waals surface area contributed by atoms with Crippen molar-refractivity contribution in [2.75, 3.05) is 26.2 Å². The molecule has 3 rings (SSSR count). The van der Waals surface area contributed by atoms with Crippen LogP contribution in [0.5, 0.6) is 0 Å². The topological polar surface area (TPSA) is 72.2 Å². The van der Waals surface area contributed by atoms with E-state index in [2.05, 4.69) is 33.6 Å². The number of aryl methyl sites for hydroxylation is 1. The molecule has 0 spiro atoms. The maximum atomic E-state index is 12.1. The lowest BCUT2D eigenvalue weighted by Crippen LogP contribution is -2.45. The van der Waals surface area contributed by atoms with Crippen LogP contribution in [0.2, 0.25) is 0 Å². The van der Waals surface area contributed by atoms with Crippen LogP contribution < -0.4 is 11.2 Å². The Balaban J connectivity index is 1.74. The van der Waals surface area contributed by atoms with Gasteiger partial charge in [-0.05, 0) is 51.1 Å². The first-order valence-electron chi connectivity index (χ1n) is 9.22. The van der Waals surface area contributed by atoms with E-state index >= 15 is 0 Å². The van der Waals surface area contributed by atoms with Crippen LogP contribution in [-0.4, -0.2) is 52.0 Å². The fraction of sp³-hybridized carbons (Fsp3) is 0.778. The number of rotatable bonds is 5. The van der Waals surface area contributed by atoms with Gasteiger partial charge in [-0.3, -0.25) is 19.6 Å². The lowest BCUT2D eigenvalue weighted by Gasteiger charge is -2.34. The number of nitrogens with one attached hydrogen (secondary N) is 2. The van der Waals surface area contributed by atoms with Crippen LogP contribution in [0.15, 0.2) is 9.59 Å². The number of hydrogen-bond donors (Lipinski definition) is 2. The highest BCUT2D eigenvalue weighted by atomic mass is 16.2. The predicted molar refractivity (Wildman–Crippen MR) is 95.2 cm³/mol.